The quantitative estimate of drug-likeness (QED) is 0.498. The van der Waals surface area contributed by atoms with E-state index in [1.165, 1.54) is 0 Å². The molecule has 0 aliphatic carbocycles. The molecule has 3 aromatic rings. The third-order valence-electron chi connectivity index (χ3n) is 2.44. The molecule has 0 radical (unpaired) electrons. The van der Waals surface area contributed by atoms with E-state index in [0.29, 0.717) is 11.0 Å². The summed E-state index contributed by atoms with van der Waals surface area (Å²) in [5.74, 6) is 0.650. The maximum absolute atomic E-state index is 6.21. The third kappa shape index (κ3) is 2.32. The second kappa shape index (κ2) is 4.89. The van der Waals surface area contributed by atoms with E-state index >= 15 is 0 Å². The molecule has 0 fully saturated rings. The Labute approximate surface area is 129 Å². The Kier molecular flexibility index (Phi) is 3.40. The molecule has 0 aliphatic heterocycles. The van der Waals surface area contributed by atoms with E-state index in [0.717, 1.165) is 24.7 Å². The van der Waals surface area contributed by atoms with E-state index in [4.69, 9.17) is 11.6 Å². The highest BCUT2D eigenvalue weighted by atomic mass is 79.9. The minimum Gasteiger partial charge on any atom is -0.228 e. The average Bonchev–Trinajstić information content (AvgIpc) is 2.77. The number of halogens is 3. The number of fused-ring (bicyclic) bond motifs is 1. The van der Waals surface area contributed by atoms with Crippen LogP contribution in [0.15, 0.2) is 37.9 Å². The molecule has 2 heterocycles. The molecule has 0 aliphatic rings. The van der Waals surface area contributed by atoms with Crippen LogP contribution in [0, 0.1) is 0 Å². The highest BCUT2D eigenvalue weighted by molar-refractivity contribution is 9.11. The summed E-state index contributed by atoms with van der Waals surface area (Å²) < 4.78 is 2.01. The van der Waals surface area contributed by atoms with Gasteiger partial charge >= 0.3 is 0 Å². The first-order valence-electron chi connectivity index (χ1n) is 5.01. The molecular formula is C12H5Br2ClN2S. The molecule has 18 heavy (non-hydrogen) atoms. The molecule has 0 N–H and O–H groups in total. The van der Waals surface area contributed by atoms with Gasteiger partial charge in [0.25, 0.3) is 0 Å². The van der Waals surface area contributed by atoms with Crippen LogP contribution in [0.1, 0.15) is 0 Å². The van der Waals surface area contributed by atoms with Crippen LogP contribution in [0.4, 0.5) is 0 Å². The van der Waals surface area contributed by atoms with Crippen LogP contribution in [0.5, 0.6) is 0 Å². The maximum Gasteiger partial charge on any atom is 0.162 e. The first-order chi connectivity index (χ1) is 8.63. The van der Waals surface area contributed by atoms with Gasteiger partial charge in [0, 0.05) is 20.8 Å². The summed E-state index contributed by atoms with van der Waals surface area (Å²) in [5, 5.41) is 3.32. The molecule has 3 rings (SSSR count). The summed E-state index contributed by atoms with van der Waals surface area (Å²) in [6, 6.07) is 7.78. The molecule has 0 spiro atoms. The van der Waals surface area contributed by atoms with Crippen molar-refractivity contribution in [3.8, 4) is 11.4 Å². The van der Waals surface area contributed by atoms with E-state index in [2.05, 4.69) is 41.8 Å². The Bertz CT molecular complexity index is 742. The predicted octanol–water partition coefficient (Wildman–Crippen LogP) is 5.54. The SMILES string of the molecule is Clc1nc(-c2csc(Br)c2)nc2ccc(Br)cc12. The van der Waals surface area contributed by atoms with Crippen LogP contribution in [0.25, 0.3) is 22.3 Å². The molecule has 90 valence electrons. The Hall–Kier alpha value is -0.490. The van der Waals surface area contributed by atoms with Crippen molar-refractivity contribution in [2.24, 2.45) is 0 Å². The molecule has 0 saturated heterocycles. The van der Waals surface area contributed by atoms with E-state index in [1.54, 1.807) is 11.3 Å². The lowest BCUT2D eigenvalue weighted by atomic mass is 10.2. The normalized spacial score (nSPS) is 11.1. The summed E-state index contributed by atoms with van der Waals surface area (Å²) in [6.07, 6.45) is 0. The fourth-order valence-corrected chi connectivity index (χ4v) is 3.35. The second-order valence-corrected chi connectivity index (χ2v) is 7.20. The fraction of sp³-hybridized carbons (Fsp3) is 0. The van der Waals surface area contributed by atoms with E-state index < -0.39 is 0 Å². The number of aromatic nitrogens is 2. The fourth-order valence-electron chi connectivity index (χ4n) is 1.62. The van der Waals surface area contributed by atoms with Crippen molar-refractivity contribution >= 4 is 65.7 Å². The van der Waals surface area contributed by atoms with Crippen molar-refractivity contribution in [3.63, 3.8) is 0 Å². The highest BCUT2D eigenvalue weighted by Crippen LogP contribution is 2.30. The van der Waals surface area contributed by atoms with Gasteiger partial charge in [-0.25, -0.2) is 9.97 Å². The molecule has 1 aromatic carbocycles. The number of hydrogen-bond acceptors (Lipinski definition) is 3. The third-order valence-corrected chi connectivity index (χ3v) is 4.72. The van der Waals surface area contributed by atoms with E-state index in [1.807, 2.05) is 29.6 Å². The van der Waals surface area contributed by atoms with Crippen molar-refractivity contribution < 1.29 is 0 Å². The lowest BCUT2D eigenvalue weighted by Crippen LogP contribution is -1.90. The second-order valence-electron chi connectivity index (χ2n) is 3.64. The monoisotopic (exact) mass is 402 g/mol. The Morgan fingerprint density at radius 2 is 1.94 bits per heavy atom. The van der Waals surface area contributed by atoms with Crippen LogP contribution in [0.2, 0.25) is 5.15 Å². The summed E-state index contributed by atoms with van der Waals surface area (Å²) in [6.45, 7) is 0. The van der Waals surface area contributed by atoms with Gasteiger partial charge in [0.2, 0.25) is 0 Å². The van der Waals surface area contributed by atoms with Gasteiger partial charge in [-0.3, -0.25) is 0 Å². The number of benzene rings is 1. The van der Waals surface area contributed by atoms with Gasteiger partial charge in [-0.1, -0.05) is 27.5 Å². The molecule has 6 heteroatoms. The largest absolute Gasteiger partial charge is 0.228 e. The molecule has 0 bridgehead atoms. The van der Waals surface area contributed by atoms with E-state index in [-0.39, 0.29) is 0 Å². The molecule has 0 saturated carbocycles. The summed E-state index contributed by atoms with van der Waals surface area (Å²) in [5.41, 5.74) is 1.81. The van der Waals surface area contributed by atoms with Crippen molar-refractivity contribution in [1.82, 2.24) is 9.97 Å². The van der Waals surface area contributed by atoms with Crippen LogP contribution in [-0.4, -0.2) is 9.97 Å². The van der Waals surface area contributed by atoms with Crippen molar-refractivity contribution in [3.05, 3.63) is 43.1 Å². The highest BCUT2D eigenvalue weighted by Gasteiger charge is 2.09. The zero-order valence-electron chi connectivity index (χ0n) is 8.82. The zero-order chi connectivity index (χ0) is 12.7. The maximum atomic E-state index is 6.21. The number of nitrogens with zero attached hydrogens (tertiary/aromatic N) is 2. The van der Waals surface area contributed by atoms with Crippen LogP contribution >= 0.6 is 54.8 Å². The molecule has 2 nitrogen and oxygen atoms in total. The lowest BCUT2D eigenvalue weighted by Gasteiger charge is -2.03. The van der Waals surface area contributed by atoms with Crippen molar-refractivity contribution in [2.75, 3.05) is 0 Å². The lowest BCUT2D eigenvalue weighted by molar-refractivity contribution is 1.23. The Balaban J connectivity index is 2.24. The minimum atomic E-state index is 0.471. The van der Waals surface area contributed by atoms with Crippen molar-refractivity contribution in [2.45, 2.75) is 0 Å². The van der Waals surface area contributed by atoms with Crippen LogP contribution < -0.4 is 0 Å². The van der Waals surface area contributed by atoms with Gasteiger partial charge in [0.1, 0.15) is 5.15 Å². The van der Waals surface area contributed by atoms with Gasteiger partial charge in [-0.2, -0.15) is 0 Å². The van der Waals surface area contributed by atoms with Gasteiger partial charge in [-0.05, 0) is 40.2 Å². The smallest absolute Gasteiger partial charge is 0.162 e. The topological polar surface area (TPSA) is 25.8 Å². The molecule has 0 atom stereocenters. The van der Waals surface area contributed by atoms with Gasteiger partial charge in [-0.15, -0.1) is 11.3 Å². The molecule has 2 aromatic heterocycles. The standard InChI is InChI=1S/C12H5Br2ClN2S/c13-7-1-2-9-8(4-7)11(15)17-12(16-9)6-3-10(14)18-5-6/h1-5H. The van der Waals surface area contributed by atoms with E-state index in [9.17, 15) is 0 Å². The Morgan fingerprint density at radius 1 is 1.11 bits per heavy atom. The number of thiophene rings is 1. The zero-order valence-corrected chi connectivity index (χ0v) is 13.6. The Morgan fingerprint density at radius 3 is 2.67 bits per heavy atom. The summed E-state index contributed by atoms with van der Waals surface area (Å²) in [7, 11) is 0. The summed E-state index contributed by atoms with van der Waals surface area (Å²) >= 11 is 14.7. The first kappa shape index (κ1) is 12.5. The van der Waals surface area contributed by atoms with Crippen LogP contribution in [-0.2, 0) is 0 Å². The molecule has 0 amide bonds. The number of rotatable bonds is 1. The number of hydrogen-bond donors (Lipinski definition) is 0. The van der Waals surface area contributed by atoms with Gasteiger partial charge in [0.15, 0.2) is 5.82 Å². The summed E-state index contributed by atoms with van der Waals surface area (Å²) in [4.78, 5) is 8.88. The van der Waals surface area contributed by atoms with Crippen molar-refractivity contribution in [1.29, 1.82) is 0 Å². The molecule has 0 unspecified atom stereocenters. The predicted molar refractivity (Wildman–Crippen MR) is 83.3 cm³/mol. The minimum absolute atomic E-state index is 0.471. The van der Waals surface area contributed by atoms with Gasteiger partial charge in [0.05, 0.1) is 9.30 Å². The average molecular weight is 405 g/mol. The molecular weight excluding hydrogens is 399 g/mol. The van der Waals surface area contributed by atoms with Crippen LogP contribution in [0.3, 0.4) is 0 Å². The van der Waals surface area contributed by atoms with Gasteiger partial charge < -0.3 is 0 Å². The first-order valence-corrected chi connectivity index (χ1v) is 7.85.